The van der Waals surface area contributed by atoms with Gasteiger partial charge in [-0.15, -0.1) is 6.58 Å². The van der Waals surface area contributed by atoms with E-state index < -0.39 is 0 Å². The molecule has 0 atom stereocenters. The van der Waals surface area contributed by atoms with Gasteiger partial charge in [0.25, 0.3) is 5.91 Å². The molecule has 5 heteroatoms. The summed E-state index contributed by atoms with van der Waals surface area (Å²) >= 11 is 0. The fourth-order valence-corrected chi connectivity index (χ4v) is 3.29. The van der Waals surface area contributed by atoms with Crippen LogP contribution in [-0.2, 0) is 6.54 Å². The largest absolute Gasteiger partial charge is 0.497 e. The van der Waals surface area contributed by atoms with E-state index in [0.717, 1.165) is 38.5 Å². The highest BCUT2D eigenvalue weighted by Crippen LogP contribution is 2.21. The van der Waals surface area contributed by atoms with Crippen LogP contribution in [0.2, 0.25) is 0 Å². The fraction of sp³-hybridized carbons (Fsp3) is 0.318. The zero-order valence-electron chi connectivity index (χ0n) is 15.9. The average molecular weight is 365 g/mol. The van der Waals surface area contributed by atoms with Crippen molar-refractivity contribution >= 4 is 11.6 Å². The average Bonchev–Trinajstić information content (AvgIpc) is 2.73. The van der Waals surface area contributed by atoms with Crippen molar-refractivity contribution in [2.24, 2.45) is 0 Å². The number of carbonyl (C=O) groups excluding carboxylic acids is 1. The molecule has 1 amide bonds. The molecule has 0 aromatic heterocycles. The molecule has 2 aromatic carbocycles. The van der Waals surface area contributed by atoms with Gasteiger partial charge in [-0.05, 0) is 42.0 Å². The lowest BCUT2D eigenvalue weighted by atomic mass is 10.1. The van der Waals surface area contributed by atoms with E-state index in [1.165, 1.54) is 11.3 Å². The Labute approximate surface area is 161 Å². The third kappa shape index (κ3) is 5.11. The number of ether oxygens (including phenoxy) is 1. The van der Waals surface area contributed by atoms with Crippen LogP contribution in [0.3, 0.4) is 0 Å². The molecule has 5 nitrogen and oxygen atoms in total. The standard InChI is InChI=1S/C22H27N3O2/c1-3-11-23-22(26)19-6-4-5-18(16-19)17-24-12-14-25(15-13-24)20-7-9-21(27-2)10-8-20/h3-10,16H,1,11-15,17H2,2H3,(H,23,26). The molecule has 0 spiro atoms. The molecule has 0 saturated carbocycles. The molecule has 2 aromatic rings. The minimum Gasteiger partial charge on any atom is -0.497 e. The fourth-order valence-electron chi connectivity index (χ4n) is 3.29. The number of rotatable bonds is 7. The van der Waals surface area contributed by atoms with Crippen LogP contribution < -0.4 is 15.0 Å². The molecule has 1 heterocycles. The second-order valence-corrected chi connectivity index (χ2v) is 6.66. The number of carbonyl (C=O) groups is 1. The van der Waals surface area contributed by atoms with Crippen molar-refractivity contribution in [2.75, 3.05) is 44.7 Å². The van der Waals surface area contributed by atoms with Crippen LogP contribution in [0.5, 0.6) is 5.75 Å². The number of amides is 1. The number of anilines is 1. The Balaban J connectivity index is 1.54. The first-order chi connectivity index (χ1) is 13.2. The molecule has 1 saturated heterocycles. The van der Waals surface area contributed by atoms with Crippen molar-refractivity contribution in [3.8, 4) is 5.75 Å². The highest BCUT2D eigenvalue weighted by atomic mass is 16.5. The molecule has 1 aliphatic rings. The quantitative estimate of drug-likeness (QED) is 0.767. The first-order valence-corrected chi connectivity index (χ1v) is 9.29. The number of piperazine rings is 1. The predicted molar refractivity (Wildman–Crippen MR) is 109 cm³/mol. The second kappa shape index (κ2) is 9.24. The molecule has 0 radical (unpaired) electrons. The van der Waals surface area contributed by atoms with E-state index in [1.54, 1.807) is 13.2 Å². The molecule has 3 rings (SSSR count). The first kappa shape index (κ1) is 19.0. The summed E-state index contributed by atoms with van der Waals surface area (Å²) in [6.45, 7) is 8.95. The Bertz CT molecular complexity index is 765. The van der Waals surface area contributed by atoms with Crippen LogP contribution in [-0.4, -0.2) is 50.6 Å². The van der Waals surface area contributed by atoms with Crippen molar-refractivity contribution in [3.63, 3.8) is 0 Å². The zero-order valence-corrected chi connectivity index (χ0v) is 15.9. The summed E-state index contributed by atoms with van der Waals surface area (Å²) < 4.78 is 5.23. The minimum absolute atomic E-state index is 0.0546. The molecular weight excluding hydrogens is 338 g/mol. The van der Waals surface area contributed by atoms with Crippen LogP contribution >= 0.6 is 0 Å². The van der Waals surface area contributed by atoms with Gasteiger partial charge in [0.2, 0.25) is 0 Å². The van der Waals surface area contributed by atoms with E-state index >= 15 is 0 Å². The second-order valence-electron chi connectivity index (χ2n) is 6.66. The summed E-state index contributed by atoms with van der Waals surface area (Å²) in [7, 11) is 1.69. The van der Waals surface area contributed by atoms with Gasteiger partial charge in [0.05, 0.1) is 7.11 Å². The lowest BCUT2D eigenvalue weighted by Gasteiger charge is -2.36. The van der Waals surface area contributed by atoms with Crippen LogP contribution in [0.25, 0.3) is 0 Å². The van der Waals surface area contributed by atoms with Crippen LogP contribution in [0.4, 0.5) is 5.69 Å². The molecule has 1 N–H and O–H groups in total. The summed E-state index contributed by atoms with van der Waals surface area (Å²) in [5.41, 5.74) is 3.10. The maximum Gasteiger partial charge on any atom is 0.251 e. The number of methoxy groups -OCH3 is 1. The number of nitrogens with zero attached hydrogens (tertiary/aromatic N) is 2. The predicted octanol–water partition coefficient (Wildman–Crippen LogP) is 2.93. The van der Waals surface area contributed by atoms with E-state index in [2.05, 4.69) is 39.9 Å². The first-order valence-electron chi connectivity index (χ1n) is 9.29. The van der Waals surface area contributed by atoms with Crippen molar-refractivity contribution in [1.29, 1.82) is 0 Å². The van der Waals surface area contributed by atoms with Gasteiger partial charge in [-0.1, -0.05) is 18.2 Å². The van der Waals surface area contributed by atoms with Crippen LogP contribution in [0, 0.1) is 0 Å². The van der Waals surface area contributed by atoms with Gasteiger partial charge in [-0.2, -0.15) is 0 Å². The topological polar surface area (TPSA) is 44.8 Å². The summed E-state index contributed by atoms with van der Waals surface area (Å²) in [5, 5.41) is 2.83. The third-order valence-electron chi connectivity index (χ3n) is 4.81. The maximum absolute atomic E-state index is 12.1. The van der Waals surface area contributed by atoms with Gasteiger partial charge >= 0.3 is 0 Å². The Morgan fingerprint density at radius 1 is 1.15 bits per heavy atom. The molecule has 1 fully saturated rings. The van der Waals surface area contributed by atoms with Crippen molar-refractivity contribution < 1.29 is 9.53 Å². The molecule has 0 unspecified atom stereocenters. The normalized spacial score (nSPS) is 14.6. The zero-order chi connectivity index (χ0) is 19.1. The number of hydrogen-bond donors (Lipinski definition) is 1. The summed E-state index contributed by atoms with van der Waals surface area (Å²) in [6.07, 6.45) is 1.68. The van der Waals surface area contributed by atoms with E-state index in [0.29, 0.717) is 12.1 Å². The molecule has 142 valence electrons. The summed E-state index contributed by atoms with van der Waals surface area (Å²) in [6, 6.07) is 16.1. The number of benzene rings is 2. The molecule has 1 aliphatic heterocycles. The SMILES string of the molecule is C=CCNC(=O)c1cccc(CN2CCN(c3ccc(OC)cc3)CC2)c1. The van der Waals surface area contributed by atoms with E-state index in [1.807, 2.05) is 30.3 Å². The Morgan fingerprint density at radius 2 is 1.89 bits per heavy atom. The van der Waals surface area contributed by atoms with Gasteiger partial charge in [0, 0.05) is 50.5 Å². The number of nitrogens with one attached hydrogen (secondary N) is 1. The Morgan fingerprint density at radius 3 is 2.56 bits per heavy atom. The van der Waals surface area contributed by atoms with E-state index in [4.69, 9.17) is 4.74 Å². The van der Waals surface area contributed by atoms with Gasteiger partial charge < -0.3 is 15.0 Å². The highest BCUT2D eigenvalue weighted by molar-refractivity contribution is 5.94. The van der Waals surface area contributed by atoms with E-state index in [9.17, 15) is 4.79 Å². The monoisotopic (exact) mass is 365 g/mol. The van der Waals surface area contributed by atoms with Gasteiger partial charge in [-0.25, -0.2) is 0 Å². The Kier molecular flexibility index (Phi) is 6.49. The molecule has 27 heavy (non-hydrogen) atoms. The third-order valence-corrected chi connectivity index (χ3v) is 4.81. The van der Waals surface area contributed by atoms with Crippen molar-refractivity contribution in [1.82, 2.24) is 10.2 Å². The summed E-state index contributed by atoms with van der Waals surface area (Å²) in [5.74, 6) is 0.829. The van der Waals surface area contributed by atoms with Gasteiger partial charge in [-0.3, -0.25) is 9.69 Å². The van der Waals surface area contributed by atoms with Crippen molar-refractivity contribution in [3.05, 3.63) is 72.3 Å². The van der Waals surface area contributed by atoms with E-state index in [-0.39, 0.29) is 5.91 Å². The molecular formula is C22H27N3O2. The van der Waals surface area contributed by atoms with Crippen LogP contribution in [0.15, 0.2) is 61.2 Å². The highest BCUT2D eigenvalue weighted by Gasteiger charge is 2.17. The Hall–Kier alpha value is -2.79. The van der Waals surface area contributed by atoms with Crippen LogP contribution in [0.1, 0.15) is 15.9 Å². The van der Waals surface area contributed by atoms with Gasteiger partial charge in [0.15, 0.2) is 0 Å². The van der Waals surface area contributed by atoms with Gasteiger partial charge in [0.1, 0.15) is 5.75 Å². The summed E-state index contributed by atoms with van der Waals surface area (Å²) in [4.78, 5) is 16.9. The van der Waals surface area contributed by atoms with Crippen molar-refractivity contribution in [2.45, 2.75) is 6.54 Å². The minimum atomic E-state index is -0.0546. The molecule has 0 aliphatic carbocycles. The maximum atomic E-state index is 12.1. The lowest BCUT2D eigenvalue weighted by Crippen LogP contribution is -2.45. The lowest BCUT2D eigenvalue weighted by molar-refractivity contribution is 0.0958. The number of hydrogen-bond acceptors (Lipinski definition) is 4. The smallest absolute Gasteiger partial charge is 0.251 e. The molecule has 0 bridgehead atoms.